The molecular weight excluding hydrogens is 360 g/mol. The van der Waals surface area contributed by atoms with Crippen molar-refractivity contribution in [3.8, 4) is 5.75 Å². The number of nitrogens with zero attached hydrogens (tertiary/aromatic N) is 2. The molecule has 1 saturated heterocycles. The number of piperazine rings is 1. The molecule has 1 heterocycles. The molecule has 3 rings (SSSR count). The molecule has 134 valence electrons. The Balaban J connectivity index is 1.48. The molecule has 1 aliphatic heterocycles. The van der Waals surface area contributed by atoms with Crippen molar-refractivity contribution in [2.75, 3.05) is 43.4 Å². The summed E-state index contributed by atoms with van der Waals surface area (Å²) in [5, 5.41) is 0.745. The number of benzene rings is 2. The molecule has 0 unspecified atom stereocenters. The second-order valence-electron chi connectivity index (χ2n) is 5.94. The van der Waals surface area contributed by atoms with Crippen LogP contribution >= 0.6 is 11.6 Å². The smallest absolute Gasteiger partial charge is 0.310 e. The highest BCUT2D eigenvalue weighted by Crippen LogP contribution is 2.26. The molecule has 0 amide bonds. The van der Waals surface area contributed by atoms with Crippen LogP contribution < -0.4 is 9.08 Å². The van der Waals surface area contributed by atoms with E-state index >= 15 is 0 Å². The molecule has 1 aliphatic rings. The lowest BCUT2D eigenvalue weighted by Crippen LogP contribution is -2.47. The summed E-state index contributed by atoms with van der Waals surface area (Å²) in [6.07, 6.45) is 0. The van der Waals surface area contributed by atoms with E-state index in [4.69, 9.17) is 15.8 Å². The molecule has 0 saturated carbocycles. The van der Waals surface area contributed by atoms with E-state index in [1.165, 1.54) is 0 Å². The van der Waals surface area contributed by atoms with Crippen LogP contribution in [0.25, 0.3) is 0 Å². The predicted octanol–water partition coefficient (Wildman–Crippen LogP) is 2.87. The normalized spacial score (nSPS) is 16.0. The zero-order valence-electron chi connectivity index (χ0n) is 13.8. The van der Waals surface area contributed by atoms with Crippen molar-refractivity contribution < 1.29 is 12.6 Å². The molecular formula is C18H21ClN2O3S. The van der Waals surface area contributed by atoms with Gasteiger partial charge in [-0.1, -0.05) is 41.9 Å². The Morgan fingerprint density at radius 1 is 0.920 bits per heavy atom. The van der Waals surface area contributed by atoms with E-state index in [-0.39, 0.29) is 5.75 Å². The summed E-state index contributed by atoms with van der Waals surface area (Å²) in [5.74, 6) is 0.333. The van der Waals surface area contributed by atoms with Crippen molar-refractivity contribution in [3.05, 3.63) is 59.6 Å². The number of anilines is 1. The van der Waals surface area contributed by atoms with Gasteiger partial charge in [0.15, 0.2) is 0 Å². The van der Waals surface area contributed by atoms with E-state index in [1.54, 1.807) is 24.3 Å². The van der Waals surface area contributed by atoms with Gasteiger partial charge in [0.2, 0.25) is 0 Å². The van der Waals surface area contributed by atoms with Crippen molar-refractivity contribution in [3.63, 3.8) is 0 Å². The van der Waals surface area contributed by atoms with E-state index in [1.807, 2.05) is 30.3 Å². The Labute approximate surface area is 153 Å². The quantitative estimate of drug-likeness (QED) is 0.721. The first-order valence-electron chi connectivity index (χ1n) is 8.22. The minimum atomic E-state index is -3.58. The van der Waals surface area contributed by atoms with Gasteiger partial charge in [-0.15, -0.1) is 0 Å². The van der Waals surface area contributed by atoms with Gasteiger partial charge in [-0.25, -0.2) is 0 Å². The van der Waals surface area contributed by atoms with Crippen molar-refractivity contribution in [1.82, 2.24) is 4.90 Å². The molecule has 0 aliphatic carbocycles. The number of hydrogen-bond acceptors (Lipinski definition) is 5. The maximum atomic E-state index is 12.1. The van der Waals surface area contributed by atoms with Crippen LogP contribution in [0.1, 0.15) is 0 Å². The van der Waals surface area contributed by atoms with Gasteiger partial charge in [-0.3, -0.25) is 4.90 Å². The Morgan fingerprint density at radius 2 is 1.56 bits per heavy atom. The minimum Gasteiger partial charge on any atom is -0.382 e. The lowest BCUT2D eigenvalue weighted by atomic mass is 10.2. The van der Waals surface area contributed by atoms with E-state index in [2.05, 4.69) is 9.80 Å². The van der Waals surface area contributed by atoms with Crippen LogP contribution in [0.3, 0.4) is 0 Å². The van der Waals surface area contributed by atoms with E-state index in [9.17, 15) is 8.42 Å². The third-order valence-electron chi connectivity index (χ3n) is 4.19. The standard InChI is InChI=1S/C18H21ClN2O3S/c19-17-8-4-5-9-18(17)21-12-10-20(11-13-21)14-15-25(22,23)24-16-6-2-1-3-7-16/h1-9H,10-15H2. The van der Waals surface area contributed by atoms with Crippen molar-refractivity contribution in [2.45, 2.75) is 0 Å². The summed E-state index contributed by atoms with van der Waals surface area (Å²) in [4.78, 5) is 4.37. The van der Waals surface area contributed by atoms with Crippen molar-refractivity contribution >= 4 is 27.4 Å². The maximum Gasteiger partial charge on any atom is 0.310 e. The number of hydrogen-bond donors (Lipinski definition) is 0. The van der Waals surface area contributed by atoms with Gasteiger partial charge in [0.1, 0.15) is 5.75 Å². The molecule has 0 N–H and O–H groups in total. The van der Waals surface area contributed by atoms with Gasteiger partial charge in [-0.05, 0) is 24.3 Å². The third-order valence-corrected chi connectivity index (χ3v) is 5.64. The Hall–Kier alpha value is -1.76. The van der Waals surface area contributed by atoms with Crippen LogP contribution in [0.4, 0.5) is 5.69 Å². The average Bonchev–Trinajstić information content (AvgIpc) is 2.62. The van der Waals surface area contributed by atoms with E-state index < -0.39 is 10.1 Å². The van der Waals surface area contributed by atoms with Crippen LogP contribution in [0.2, 0.25) is 5.02 Å². The van der Waals surface area contributed by atoms with Crippen LogP contribution in [0.15, 0.2) is 54.6 Å². The van der Waals surface area contributed by atoms with Gasteiger partial charge in [-0.2, -0.15) is 8.42 Å². The molecule has 0 bridgehead atoms. The summed E-state index contributed by atoms with van der Waals surface area (Å²) in [6, 6.07) is 16.4. The fourth-order valence-electron chi connectivity index (χ4n) is 2.83. The molecule has 5 nitrogen and oxygen atoms in total. The largest absolute Gasteiger partial charge is 0.382 e. The zero-order chi connectivity index (χ0) is 17.7. The maximum absolute atomic E-state index is 12.1. The van der Waals surface area contributed by atoms with Gasteiger partial charge < -0.3 is 9.08 Å². The lowest BCUT2D eigenvalue weighted by Gasteiger charge is -2.36. The molecule has 7 heteroatoms. The van der Waals surface area contributed by atoms with Crippen LogP contribution in [-0.4, -0.2) is 51.8 Å². The summed E-state index contributed by atoms with van der Waals surface area (Å²) in [5.41, 5.74) is 1.03. The average molecular weight is 381 g/mol. The molecule has 0 atom stereocenters. The van der Waals surface area contributed by atoms with E-state index in [0.717, 1.165) is 36.9 Å². The summed E-state index contributed by atoms with van der Waals surface area (Å²) in [6.45, 7) is 3.70. The first kappa shape index (κ1) is 18.0. The van der Waals surface area contributed by atoms with Crippen LogP contribution in [0.5, 0.6) is 5.75 Å². The minimum absolute atomic E-state index is 0.0199. The van der Waals surface area contributed by atoms with Crippen molar-refractivity contribution in [2.24, 2.45) is 0 Å². The molecule has 25 heavy (non-hydrogen) atoms. The van der Waals surface area contributed by atoms with E-state index in [0.29, 0.717) is 12.3 Å². The van der Waals surface area contributed by atoms with Crippen LogP contribution in [0, 0.1) is 0 Å². The predicted molar refractivity (Wildman–Crippen MR) is 101 cm³/mol. The summed E-state index contributed by atoms with van der Waals surface area (Å²) >= 11 is 6.24. The third kappa shape index (κ3) is 5.11. The molecule has 1 fully saturated rings. The number of para-hydroxylation sites is 2. The highest BCUT2D eigenvalue weighted by atomic mass is 35.5. The number of halogens is 1. The molecule has 2 aromatic carbocycles. The highest BCUT2D eigenvalue weighted by molar-refractivity contribution is 7.87. The number of rotatable bonds is 6. The fraction of sp³-hybridized carbons (Fsp3) is 0.333. The second kappa shape index (κ2) is 8.08. The van der Waals surface area contributed by atoms with Gasteiger partial charge in [0.05, 0.1) is 16.5 Å². The fourth-order valence-corrected chi connectivity index (χ4v) is 4.05. The summed E-state index contributed by atoms with van der Waals surface area (Å²) < 4.78 is 29.3. The van der Waals surface area contributed by atoms with Gasteiger partial charge >= 0.3 is 10.1 Å². The van der Waals surface area contributed by atoms with Crippen molar-refractivity contribution in [1.29, 1.82) is 0 Å². The Kier molecular flexibility index (Phi) is 5.83. The molecule has 0 spiro atoms. The zero-order valence-corrected chi connectivity index (χ0v) is 15.4. The first-order chi connectivity index (χ1) is 12.0. The Bertz CT molecular complexity index is 791. The van der Waals surface area contributed by atoms with Gasteiger partial charge in [0, 0.05) is 32.7 Å². The first-order valence-corrected chi connectivity index (χ1v) is 10.2. The molecule has 2 aromatic rings. The highest BCUT2D eigenvalue weighted by Gasteiger charge is 2.21. The summed E-state index contributed by atoms with van der Waals surface area (Å²) in [7, 11) is -3.58. The second-order valence-corrected chi connectivity index (χ2v) is 8.04. The lowest BCUT2D eigenvalue weighted by molar-refractivity contribution is 0.270. The monoisotopic (exact) mass is 380 g/mol. The Morgan fingerprint density at radius 3 is 2.24 bits per heavy atom. The molecule has 0 aromatic heterocycles. The molecule has 0 radical (unpaired) electrons. The topological polar surface area (TPSA) is 49.9 Å². The van der Waals surface area contributed by atoms with Crippen LogP contribution in [-0.2, 0) is 10.1 Å². The van der Waals surface area contributed by atoms with Gasteiger partial charge in [0.25, 0.3) is 0 Å². The SMILES string of the molecule is O=S(=O)(CCN1CCN(c2ccccc2Cl)CC1)Oc1ccccc1.